The highest BCUT2D eigenvalue weighted by atomic mass is 32.1. The number of fused-ring (bicyclic) bond motifs is 9. The van der Waals surface area contributed by atoms with Crippen LogP contribution in [0.5, 0.6) is 0 Å². The van der Waals surface area contributed by atoms with Crippen molar-refractivity contribution in [3.05, 3.63) is 158 Å². The second-order valence-corrected chi connectivity index (χ2v) is 29.8. The van der Waals surface area contributed by atoms with Crippen LogP contribution in [0.15, 0.2) is 97.1 Å². The standard InChI is InChI=1S/C71H81BN2S/c1-40-28-43(4)64(44(5)29-40)45-32-60-65-61(33-45)74(57-37-52-50(31-42(57)3)68(12,13)24-26-70(52,16)17)59-39-63-49(48-34-47(67(9,10)11)21-23-62(48)75-63)35-54(59)72(65)55-36-51-53(71(18,19)27-25-69(51,14)15)38-58(55)73(60)56-22-20-46(30-41(56)2)66(6,7)8/h20-23,28-39H,24-27H2,1-19H3. The molecule has 0 saturated heterocycles. The van der Waals surface area contributed by atoms with E-state index in [1.165, 1.54) is 162 Å². The van der Waals surface area contributed by atoms with Crippen molar-refractivity contribution in [1.82, 2.24) is 0 Å². The molecular weight excluding hydrogens is 924 g/mol. The number of hydrogen-bond acceptors (Lipinski definition) is 3. The molecule has 384 valence electrons. The fraction of sp³-hybridized carbons (Fsp3) is 0.408. The summed E-state index contributed by atoms with van der Waals surface area (Å²) in [6, 6.07) is 40.5. The van der Waals surface area contributed by atoms with Crippen LogP contribution < -0.4 is 26.2 Å². The van der Waals surface area contributed by atoms with Gasteiger partial charge in [-0.25, -0.2) is 0 Å². The summed E-state index contributed by atoms with van der Waals surface area (Å²) in [6.07, 6.45) is 4.69. The van der Waals surface area contributed by atoms with Crippen molar-refractivity contribution < 1.29 is 0 Å². The van der Waals surface area contributed by atoms with Crippen LogP contribution in [0.25, 0.3) is 31.3 Å². The number of thiophene rings is 1. The molecule has 7 aromatic carbocycles. The number of rotatable bonds is 3. The van der Waals surface area contributed by atoms with Gasteiger partial charge >= 0.3 is 0 Å². The monoisotopic (exact) mass is 1000 g/mol. The number of anilines is 6. The van der Waals surface area contributed by atoms with E-state index in [1.807, 2.05) is 11.3 Å². The second-order valence-electron chi connectivity index (χ2n) is 28.7. The lowest BCUT2D eigenvalue weighted by molar-refractivity contribution is 0.332. The van der Waals surface area contributed by atoms with E-state index < -0.39 is 0 Å². The molecule has 0 unspecified atom stereocenters. The van der Waals surface area contributed by atoms with Crippen molar-refractivity contribution in [3.63, 3.8) is 0 Å². The summed E-state index contributed by atoms with van der Waals surface area (Å²) in [7, 11) is 0. The number of benzene rings is 7. The van der Waals surface area contributed by atoms with E-state index in [0.29, 0.717) is 0 Å². The van der Waals surface area contributed by atoms with Gasteiger partial charge in [0.1, 0.15) is 0 Å². The maximum Gasteiger partial charge on any atom is 0.252 e. The van der Waals surface area contributed by atoms with Gasteiger partial charge in [0.15, 0.2) is 0 Å². The number of aryl methyl sites for hydroxylation is 5. The van der Waals surface area contributed by atoms with Gasteiger partial charge in [-0.2, -0.15) is 0 Å². The molecule has 3 heterocycles. The highest BCUT2D eigenvalue weighted by Crippen LogP contribution is 2.55. The summed E-state index contributed by atoms with van der Waals surface area (Å²) in [5.74, 6) is 0. The van der Waals surface area contributed by atoms with Crippen LogP contribution >= 0.6 is 11.3 Å². The molecule has 12 rings (SSSR count). The van der Waals surface area contributed by atoms with E-state index in [2.05, 4.69) is 238 Å². The van der Waals surface area contributed by atoms with Crippen molar-refractivity contribution in [2.24, 2.45) is 0 Å². The molecule has 1 aromatic heterocycles. The topological polar surface area (TPSA) is 6.48 Å². The Hall–Kier alpha value is -5.58. The molecule has 0 atom stereocenters. The molecular formula is C71H81BN2S. The highest BCUT2D eigenvalue weighted by molar-refractivity contribution is 7.26. The molecule has 0 saturated carbocycles. The molecule has 2 aliphatic carbocycles. The van der Waals surface area contributed by atoms with Crippen LogP contribution in [0, 0.1) is 34.6 Å². The first kappa shape index (κ1) is 50.3. The summed E-state index contributed by atoms with van der Waals surface area (Å²) in [4.78, 5) is 5.49. The molecule has 8 aromatic rings. The summed E-state index contributed by atoms with van der Waals surface area (Å²) in [5.41, 5.74) is 30.2. The Balaban J connectivity index is 1.28. The summed E-state index contributed by atoms with van der Waals surface area (Å²) in [5, 5.41) is 2.74. The van der Waals surface area contributed by atoms with Gasteiger partial charge in [0.25, 0.3) is 6.71 Å². The molecule has 0 amide bonds. The quantitative estimate of drug-likeness (QED) is 0.163. The van der Waals surface area contributed by atoms with E-state index in [1.54, 1.807) is 0 Å². The molecule has 0 N–H and O–H groups in total. The Morgan fingerprint density at radius 3 is 1.43 bits per heavy atom. The molecule has 4 aliphatic rings. The third-order valence-corrected chi connectivity index (χ3v) is 20.3. The fourth-order valence-electron chi connectivity index (χ4n) is 14.4. The molecule has 75 heavy (non-hydrogen) atoms. The lowest BCUT2D eigenvalue weighted by atomic mass is 9.33. The lowest BCUT2D eigenvalue weighted by Crippen LogP contribution is -2.62. The van der Waals surface area contributed by atoms with Gasteiger partial charge in [-0.3, -0.25) is 0 Å². The zero-order valence-electron chi connectivity index (χ0n) is 48.9. The van der Waals surface area contributed by atoms with Gasteiger partial charge in [-0.15, -0.1) is 11.3 Å². The largest absolute Gasteiger partial charge is 0.311 e. The minimum absolute atomic E-state index is 0.0134. The van der Waals surface area contributed by atoms with Crippen LogP contribution in [-0.2, 0) is 32.5 Å². The minimum atomic E-state index is -0.0134. The SMILES string of the molecule is Cc1cc(C)c(-c2cc3c4c(c2)N(c2cc5c(cc2C)C(C)(C)CCC5(C)C)c2cc5sc6ccc(C(C)(C)C)cc6c5cc2B4c2cc4c(cc2N3c2ccc(C(C)(C)C)cc2C)C(C)(C)CCC4(C)C)c(C)c1. The highest BCUT2D eigenvalue weighted by Gasteiger charge is 2.48. The Kier molecular flexibility index (Phi) is 10.9. The number of hydrogen-bond donors (Lipinski definition) is 0. The van der Waals surface area contributed by atoms with Gasteiger partial charge in [0, 0.05) is 48.9 Å². The van der Waals surface area contributed by atoms with Crippen molar-refractivity contribution in [2.45, 2.75) is 190 Å². The number of nitrogens with zero attached hydrogens (tertiary/aromatic N) is 2. The van der Waals surface area contributed by atoms with Gasteiger partial charge in [-0.1, -0.05) is 151 Å². The molecule has 0 bridgehead atoms. The predicted molar refractivity (Wildman–Crippen MR) is 330 cm³/mol. The van der Waals surface area contributed by atoms with Crippen LogP contribution in [0.1, 0.15) is 184 Å². The molecule has 0 radical (unpaired) electrons. The van der Waals surface area contributed by atoms with Gasteiger partial charge in [-0.05, 0) is 230 Å². The second kappa shape index (κ2) is 16.2. The van der Waals surface area contributed by atoms with Gasteiger partial charge in [0.2, 0.25) is 0 Å². The first-order valence-corrected chi connectivity index (χ1v) is 29.1. The smallest absolute Gasteiger partial charge is 0.252 e. The first-order valence-electron chi connectivity index (χ1n) is 28.3. The van der Waals surface area contributed by atoms with Crippen LogP contribution in [0.2, 0.25) is 0 Å². The van der Waals surface area contributed by atoms with Crippen molar-refractivity contribution in [3.8, 4) is 11.1 Å². The summed E-state index contributed by atoms with van der Waals surface area (Å²) in [6.45, 7) is 45.7. The van der Waals surface area contributed by atoms with Crippen LogP contribution in [0.4, 0.5) is 34.1 Å². The van der Waals surface area contributed by atoms with Gasteiger partial charge in [0.05, 0.1) is 0 Å². The Labute approximate surface area is 455 Å². The minimum Gasteiger partial charge on any atom is -0.311 e. The Bertz CT molecular complexity index is 3740. The predicted octanol–water partition coefficient (Wildman–Crippen LogP) is 18.6. The van der Waals surface area contributed by atoms with Crippen LogP contribution in [-0.4, -0.2) is 6.71 Å². The first-order chi connectivity index (χ1) is 34.9. The van der Waals surface area contributed by atoms with E-state index in [9.17, 15) is 0 Å². The Morgan fingerprint density at radius 2 is 0.867 bits per heavy atom. The summed E-state index contributed by atoms with van der Waals surface area (Å²) < 4.78 is 2.71. The van der Waals surface area contributed by atoms with Crippen molar-refractivity contribution in [1.29, 1.82) is 0 Å². The van der Waals surface area contributed by atoms with E-state index in [-0.39, 0.29) is 39.2 Å². The molecule has 0 fully saturated rings. The van der Waals surface area contributed by atoms with Crippen molar-refractivity contribution >= 4 is 88.7 Å². The van der Waals surface area contributed by atoms with Gasteiger partial charge < -0.3 is 9.80 Å². The Morgan fingerprint density at radius 1 is 0.413 bits per heavy atom. The third-order valence-electron chi connectivity index (χ3n) is 19.2. The third kappa shape index (κ3) is 7.67. The average Bonchev–Trinajstić information content (AvgIpc) is 3.68. The maximum atomic E-state index is 2.76. The van der Waals surface area contributed by atoms with E-state index in [0.717, 1.165) is 6.42 Å². The molecule has 2 aliphatic heterocycles. The normalized spacial score (nSPS) is 17.9. The molecule has 0 spiro atoms. The van der Waals surface area contributed by atoms with Crippen LogP contribution in [0.3, 0.4) is 0 Å². The zero-order chi connectivity index (χ0) is 53.6. The maximum absolute atomic E-state index is 2.76. The molecule has 4 heteroatoms. The lowest BCUT2D eigenvalue weighted by Gasteiger charge is -2.48. The fourth-order valence-corrected chi connectivity index (χ4v) is 15.5. The van der Waals surface area contributed by atoms with E-state index >= 15 is 0 Å². The molecule has 2 nitrogen and oxygen atoms in total. The van der Waals surface area contributed by atoms with Crippen molar-refractivity contribution in [2.75, 3.05) is 9.80 Å². The zero-order valence-corrected chi connectivity index (χ0v) is 49.8. The summed E-state index contributed by atoms with van der Waals surface area (Å²) >= 11 is 1.96. The average molecular weight is 1010 g/mol. The van der Waals surface area contributed by atoms with E-state index in [4.69, 9.17) is 0 Å².